The topological polar surface area (TPSA) is 66.4 Å². The van der Waals surface area contributed by atoms with E-state index in [4.69, 9.17) is 0 Å². The van der Waals surface area contributed by atoms with Crippen LogP contribution in [0.1, 0.15) is 25.3 Å². The Labute approximate surface area is 107 Å². The Hall–Kier alpha value is -0.980. The minimum absolute atomic E-state index is 0.100. The summed E-state index contributed by atoms with van der Waals surface area (Å²) >= 11 is 0. The van der Waals surface area contributed by atoms with Gasteiger partial charge in [0.2, 0.25) is 10.0 Å². The van der Waals surface area contributed by atoms with Crippen LogP contribution in [0.2, 0.25) is 0 Å². The van der Waals surface area contributed by atoms with Crippen molar-refractivity contribution in [3.8, 4) is 0 Å². The number of aliphatic hydroxyl groups excluding tert-OH is 1. The molecule has 0 saturated heterocycles. The van der Waals surface area contributed by atoms with E-state index in [1.807, 2.05) is 6.92 Å². The van der Waals surface area contributed by atoms with Crippen molar-refractivity contribution in [2.24, 2.45) is 0 Å². The van der Waals surface area contributed by atoms with Crippen molar-refractivity contribution in [1.29, 1.82) is 0 Å². The molecule has 6 heteroatoms. The molecule has 0 bridgehead atoms. The van der Waals surface area contributed by atoms with Crippen LogP contribution in [0.15, 0.2) is 23.1 Å². The molecule has 2 N–H and O–H groups in total. The maximum absolute atomic E-state index is 13.3. The molecule has 0 radical (unpaired) electrons. The lowest BCUT2D eigenvalue weighted by atomic mass is 10.2. The Morgan fingerprint density at radius 1 is 1.44 bits per heavy atom. The quantitative estimate of drug-likeness (QED) is 0.828. The summed E-state index contributed by atoms with van der Waals surface area (Å²) in [6, 6.07) is 3.77. The number of aliphatic hydroxyl groups is 1. The van der Waals surface area contributed by atoms with E-state index in [0.717, 1.165) is 6.07 Å². The molecule has 0 saturated carbocycles. The molecule has 0 heterocycles. The van der Waals surface area contributed by atoms with Gasteiger partial charge in [-0.2, -0.15) is 0 Å². The third kappa shape index (κ3) is 4.04. The molecule has 1 unspecified atom stereocenters. The van der Waals surface area contributed by atoms with Gasteiger partial charge in [-0.1, -0.05) is 13.0 Å². The van der Waals surface area contributed by atoms with Crippen molar-refractivity contribution in [1.82, 2.24) is 4.72 Å². The van der Waals surface area contributed by atoms with Crippen LogP contribution in [0.3, 0.4) is 0 Å². The van der Waals surface area contributed by atoms with E-state index < -0.39 is 21.9 Å². The molecule has 1 aromatic carbocycles. The van der Waals surface area contributed by atoms with Crippen molar-refractivity contribution in [2.45, 2.75) is 37.7 Å². The Balaban J connectivity index is 2.71. The number of hydrogen-bond donors (Lipinski definition) is 2. The summed E-state index contributed by atoms with van der Waals surface area (Å²) in [7, 11) is -3.70. The SMILES string of the molecule is CCC(O)CCNS(=O)(=O)c1ccc(C)c(F)c1. The lowest BCUT2D eigenvalue weighted by molar-refractivity contribution is 0.162. The van der Waals surface area contributed by atoms with Crippen LogP contribution in [0, 0.1) is 12.7 Å². The van der Waals surface area contributed by atoms with Gasteiger partial charge in [-0.15, -0.1) is 0 Å². The standard InChI is InChI=1S/C12H18FNO3S/c1-3-10(15)6-7-14-18(16,17)11-5-4-9(2)12(13)8-11/h4-5,8,10,14-15H,3,6-7H2,1-2H3. The zero-order valence-corrected chi connectivity index (χ0v) is 11.3. The van der Waals surface area contributed by atoms with Crippen LogP contribution in [0.4, 0.5) is 4.39 Å². The molecule has 0 aliphatic rings. The van der Waals surface area contributed by atoms with Gasteiger partial charge in [0.1, 0.15) is 5.82 Å². The molecule has 0 aliphatic carbocycles. The number of nitrogens with one attached hydrogen (secondary N) is 1. The number of halogens is 1. The highest BCUT2D eigenvalue weighted by Gasteiger charge is 2.15. The van der Waals surface area contributed by atoms with Crippen LogP contribution in [-0.4, -0.2) is 26.2 Å². The average Bonchev–Trinajstić information content (AvgIpc) is 2.32. The van der Waals surface area contributed by atoms with Gasteiger partial charge >= 0.3 is 0 Å². The van der Waals surface area contributed by atoms with Crippen LogP contribution in [-0.2, 0) is 10.0 Å². The van der Waals surface area contributed by atoms with Gasteiger partial charge in [0.15, 0.2) is 0 Å². The molecule has 0 fully saturated rings. The summed E-state index contributed by atoms with van der Waals surface area (Å²) in [5.41, 5.74) is 0.398. The van der Waals surface area contributed by atoms with Crippen LogP contribution in [0.25, 0.3) is 0 Å². The summed E-state index contributed by atoms with van der Waals surface area (Å²) in [5.74, 6) is -0.550. The maximum atomic E-state index is 13.3. The van der Waals surface area contributed by atoms with Crippen LogP contribution in [0.5, 0.6) is 0 Å². The molecular formula is C12H18FNO3S. The van der Waals surface area contributed by atoms with Gasteiger partial charge in [-0.3, -0.25) is 0 Å². The normalized spacial score (nSPS) is 13.6. The number of aryl methyl sites for hydroxylation is 1. The number of hydrogen-bond acceptors (Lipinski definition) is 3. The minimum Gasteiger partial charge on any atom is -0.393 e. The molecule has 1 aromatic rings. The van der Waals surface area contributed by atoms with E-state index in [1.54, 1.807) is 6.92 Å². The Morgan fingerprint density at radius 3 is 2.67 bits per heavy atom. The minimum atomic E-state index is -3.70. The average molecular weight is 275 g/mol. The second kappa shape index (κ2) is 6.26. The lowest BCUT2D eigenvalue weighted by Gasteiger charge is -2.10. The molecule has 0 aromatic heterocycles. The van der Waals surface area contributed by atoms with Gasteiger partial charge in [-0.05, 0) is 37.5 Å². The Bertz CT molecular complexity index is 502. The molecule has 102 valence electrons. The van der Waals surface area contributed by atoms with E-state index in [-0.39, 0.29) is 11.4 Å². The molecule has 4 nitrogen and oxygen atoms in total. The Kier molecular flexibility index (Phi) is 5.25. The first-order chi connectivity index (χ1) is 8.36. The van der Waals surface area contributed by atoms with E-state index in [1.165, 1.54) is 12.1 Å². The fraction of sp³-hybridized carbons (Fsp3) is 0.500. The van der Waals surface area contributed by atoms with Crippen molar-refractivity contribution < 1.29 is 17.9 Å². The molecule has 18 heavy (non-hydrogen) atoms. The van der Waals surface area contributed by atoms with E-state index in [2.05, 4.69) is 4.72 Å². The number of sulfonamides is 1. The lowest BCUT2D eigenvalue weighted by Crippen LogP contribution is -2.27. The number of benzene rings is 1. The van der Waals surface area contributed by atoms with E-state index in [0.29, 0.717) is 18.4 Å². The molecule has 1 atom stereocenters. The zero-order chi connectivity index (χ0) is 13.8. The first kappa shape index (κ1) is 15.1. The molecular weight excluding hydrogens is 257 g/mol. The third-order valence-electron chi connectivity index (χ3n) is 2.69. The Morgan fingerprint density at radius 2 is 2.11 bits per heavy atom. The predicted octanol–water partition coefficient (Wildman–Crippen LogP) is 1.57. The van der Waals surface area contributed by atoms with Crippen molar-refractivity contribution in [2.75, 3.05) is 6.54 Å². The first-order valence-corrected chi connectivity index (χ1v) is 7.29. The van der Waals surface area contributed by atoms with Gasteiger partial charge < -0.3 is 5.11 Å². The second-order valence-corrected chi connectivity index (χ2v) is 5.93. The molecule has 1 rings (SSSR count). The van der Waals surface area contributed by atoms with Crippen molar-refractivity contribution in [3.63, 3.8) is 0 Å². The monoisotopic (exact) mass is 275 g/mol. The first-order valence-electron chi connectivity index (χ1n) is 5.80. The smallest absolute Gasteiger partial charge is 0.240 e. The number of rotatable bonds is 6. The predicted molar refractivity (Wildman–Crippen MR) is 67.2 cm³/mol. The van der Waals surface area contributed by atoms with Gasteiger partial charge in [-0.25, -0.2) is 17.5 Å². The van der Waals surface area contributed by atoms with E-state index in [9.17, 15) is 17.9 Å². The van der Waals surface area contributed by atoms with Gasteiger partial charge in [0.05, 0.1) is 11.0 Å². The fourth-order valence-electron chi connectivity index (χ4n) is 1.39. The van der Waals surface area contributed by atoms with Gasteiger partial charge in [0.25, 0.3) is 0 Å². The largest absolute Gasteiger partial charge is 0.393 e. The molecule has 0 aliphatic heterocycles. The highest BCUT2D eigenvalue weighted by Crippen LogP contribution is 2.14. The second-order valence-electron chi connectivity index (χ2n) is 4.16. The highest BCUT2D eigenvalue weighted by atomic mass is 32.2. The maximum Gasteiger partial charge on any atom is 0.240 e. The van der Waals surface area contributed by atoms with E-state index >= 15 is 0 Å². The third-order valence-corrected chi connectivity index (χ3v) is 4.15. The van der Waals surface area contributed by atoms with Gasteiger partial charge in [0, 0.05) is 6.54 Å². The fourth-order valence-corrected chi connectivity index (χ4v) is 2.45. The summed E-state index contributed by atoms with van der Waals surface area (Å²) < 4.78 is 39.2. The van der Waals surface area contributed by atoms with Crippen LogP contribution >= 0.6 is 0 Å². The summed E-state index contributed by atoms with van der Waals surface area (Å²) in [4.78, 5) is -0.100. The van der Waals surface area contributed by atoms with Crippen LogP contribution < -0.4 is 4.72 Å². The van der Waals surface area contributed by atoms with Crippen molar-refractivity contribution in [3.05, 3.63) is 29.6 Å². The summed E-state index contributed by atoms with van der Waals surface area (Å²) in [6.45, 7) is 3.51. The highest BCUT2D eigenvalue weighted by molar-refractivity contribution is 7.89. The summed E-state index contributed by atoms with van der Waals surface area (Å²) in [6.07, 6.45) is 0.382. The zero-order valence-electron chi connectivity index (χ0n) is 10.5. The molecule has 0 spiro atoms. The summed E-state index contributed by atoms with van der Waals surface area (Å²) in [5, 5.41) is 9.31. The molecule has 0 amide bonds. The van der Waals surface area contributed by atoms with Crippen molar-refractivity contribution >= 4 is 10.0 Å².